The van der Waals surface area contributed by atoms with Gasteiger partial charge in [-0.15, -0.1) is 0 Å². The van der Waals surface area contributed by atoms with Crippen LogP contribution in [-0.4, -0.2) is 65.6 Å². The molecule has 1 aromatic heterocycles. The number of carbonyl (C=O) groups excluding carboxylic acids is 1. The molecule has 1 N–H and O–H groups in total. The van der Waals surface area contributed by atoms with Crippen LogP contribution in [0.5, 0.6) is 5.75 Å². The fraction of sp³-hybridized carbons (Fsp3) is 0.471. The molecule has 8 heteroatoms. The molecule has 1 aliphatic rings. The lowest BCUT2D eigenvalue weighted by Crippen LogP contribution is -2.37. The van der Waals surface area contributed by atoms with Gasteiger partial charge >= 0.3 is 0 Å². The number of hydrogen-bond donors (Lipinski definition) is 1. The van der Waals surface area contributed by atoms with Crippen LogP contribution in [0.4, 0.5) is 0 Å². The van der Waals surface area contributed by atoms with E-state index in [9.17, 15) is 9.90 Å². The van der Waals surface area contributed by atoms with Gasteiger partial charge in [0.2, 0.25) is 17.6 Å². The summed E-state index contributed by atoms with van der Waals surface area (Å²) in [5, 5.41) is 13.7. The standard InChI is InChI=1S/C17H21N3O5/c1-23-14-5-3-2-4-13(14)17-18-15(25-19-17)6-7-16(22)20-8-9-24-11-12(21)10-20/h2-5,12,21H,6-11H2,1H3/t12-/m0/s1. The van der Waals surface area contributed by atoms with Crippen molar-refractivity contribution in [3.05, 3.63) is 30.2 Å². The van der Waals surface area contributed by atoms with Crippen molar-refractivity contribution in [2.24, 2.45) is 0 Å². The number of aliphatic hydroxyl groups excluding tert-OH is 1. The summed E-state index contributed by atoms with van der Waals surface area (Å²) in [5.74, 6) is 1.41. The average Bonchev–Trinajstić information content (AvgIpc) is 3.00. The number of aromatic nitrogens is 2. The molecule has 2 heterocycles. The Balaban J connectivity index is 1.61. The van der Waals surface area contributed by atoms with E-state index >= 15 is 0 Å². The third kappa shape index (κ3) is 4.34. The van der Waals surface area contributed by atoms with Crippen LogP contribution in [0.1, 0.15) is 12.3 Å². The molecule has 0 saturated carbocycles. The summed E-state index contributed by atoms with van der Waals surface area (Å²) in [7, 11) is 1.58. The molecule has 0 aliphatic carbocycles. The second-order valence-electron chi connectivity index (χ2n) is 5.78. The van der Waals surface area contributed by atoms with Crippen LogP contribution >= 0.6 is 0 Å². The molecule has 2 aromatic rings. The lowest BCUT2D eigenvalue weighted by molar-refractivity contribution is -0.132. The van der Waals surface area contributed by atoms with Crippen molar-refractivity contribution in [3.8, 4) is 17.1 Å². The Kier molecular flexibility index (Phi) is 5.62. The number of rotatable bonds is 5. The molecule has 1 aliphatic heterocycles. The maximum absolute atomic E-state index is 12.3. The topological polar surface area (TPSA) is 97.9 Å². The number of nitrogens with zero attached hydrogens (tertiary/aromatic N) is 3. The van der Waals surface area contributed by atoms with Crippen molar-refractivity contribution in [2.45, 2.75) is 18.9 Å². The summed E-state index contributed by atoms with van der Waals surface area (Å²) in [5.41, 5.74) is 0.735. The maximum Gasteiger partial charge on any atom is 0.227 e. The van der Waals surface area contributed by atoms with Crippen LogP contribution in [0.25, 0.3) is 11.4 Å². The molecule has 0 spiro atoms. The highest BCUT2D eigenvalue weighted by Gasteiger charge is 2.21. The average molecular weight is 347 g/mol. The zero-order valence-electron chi connectivity index (χ0n) is 14.1. The number of amides is 1. The fourth-order valence-electron chi connectivity index (χ4n) is 2.69. The number of ether oxygens (including phenoxy) is 2. The van der Waals surface area contributed by atoms with Crippen LogP contribution in [0.15, 0.2) is 28.8 Å². The number of hydrogen-bond acceptors (Lipinski definition) is 7. The van der Waals surface area contributed by atoms with E-state index < -0.39 is 6.10 Å². The second-order valence-corrected chi connectivity index (χ2v) is 5.78. The van der Waals surface area contributed by atoms with Gasteiger partial charge in [-0.2, -0.15) is 4.98 Å². The van der Waals surface area contributed by atoms with E-state index in [0.29, 0.717) is 37.0 Å². The predicted molar refractivity (Wildman–Crippen MR) is 88.0 cm³/mol. The molecule has 0 radical (unpaired) electrons. The van der Waals surface area contributed by atoms with Crippen molar-refractivity contribution in [1.29, 1.82) is 0 Å². The SMILES string of the molecule is COc1ccccc1-c1noc(CCC(=O)N2CCOC[C@@H](O)C2)n1. The molecule has 0 unspecified atom stereocenters. The van der Waals surface area contributed by atoms with Gasteiger partial charge in [-0.3, -0.25) is 4.79 Å². The Morgan fingerprint density at radius 1 is 1.44 bits per heavy atom. The van der Waals surface area contributed by atoms with Gasteiger partial charge in [0, 0.05) is 25.9 Å². The molecule has 1 saturated heterocycles. The number of aliphatic hydroxyl groups is 1. The van der Waals surface area contributed by atoms with Crippen LogP contribution in [-0.2, 0) is 16.0 Å². The minimum absolute atomic E-state index is 0.0680. The first kappa shape index (κ1) is 17.4. The minimum Gasteiger partial charge on any atom is -0.496 e. The Morgan fingerprint density at radius 3 is 3.12 bits per heavy atom. The van der Waals surface area contributed by atoms with Gasteiger partial charge in [-0.1, -0.05) is 17.3 Å². The molecule has 1 atom stereocenters. The Hall–Kier alpha value is -2.45. The van der Waals surface area contributed by atoms with E-state index in [2.05, 4.69) is 10.1 Å². The van der Waals surface area contributed by atoms with Gasteiger partial charge in [-0.05, 0) is 12.1 Å². The van der Waals surface area contributed by atoms with Crippen molar-refractivity contribution < 1.29 is 23.9 Å². The molecule has 1 aromatic carbocycles. The highest BCUT2D eigenvalue weighted by Crippen LogP contribution is 2.27. The molecule has 25 heavy (non-hydrogen) atoms. The number of β-amino-alcohol motifs (C(OH)–C–C–N with tert-alkyl or cyclic N) is 1. The first-order chi connectivity index (χ1) is 12.2. The molecule has 3 rings (SSSR count). The zero-order valence-corrected chi connectivity index (χ0v) is 14.1. The molecule has 1 fully saturated rings. The molecular weight excluding hydrogens is 326 g/mol. The summed E-state index contributed by atoms with van der Waals surface area (Å²) in [6, 6.07) is 7.39. The Morgan fingerprint density at radius 2 is 2.28 bits per heavy atom. The fourth-order valence-corrected chi connectivity index (χ4v) is 2.69. The monoisotopic (exact) mass is 347 g/mol. The first-order valence-electron chi connectivity index (χ1n) is 8.17. The normalized spacial score (nSPS) is 18.0. The summed E-state index contributed by atoms with van der Waals surface area (Å²) >= 11 is 0. The zero-order chi connectivity index (χ0) is 17.6. The quantitative estimate of drug-likeness (QED) is 0.858. The van der Waals surface area contributed by atoms with Crippen molar-refractivity contribution >= 4 is 5.91 Å². The summed E-state index contributed by atoms with van der Waals surface area (Å²) in [4.78, 5) is 18.2. The van der Waals surface area contributed by atoms with E-state index in [-0.39, 0.29) is 25.5 Å². The number of para-hydroxylation sites is 1. The molecule has 134 valence electrons. The second kappa shape index (κ2) is 8.09. The number of methoxy groups -OCH3 is 1. The van der Waals surface area contributed by atoms with Gasteiger partial charge in [0.15, 0.2) is 0 Å². The molecular formula is C17H21N3O5. The molecule has 8 nitrogen and oxygen atoms in total. The first-order valence-corrected chi connectivity index (χ1v) is 8.17. The van der Waals surface area contributed by atoms with Gasteiger partial charge < -0.3 is 24.0 Å². The largest absolute Gasteiger partial charge is 0.496 e. The Labute approximate surface area is 145 Å². The van der Waals surface area contributed by atoms with Crippen molar-refractivity contribution in [3.63, 3.8) is 0 Å². The van der Waals surface area contributed by atoms with E-state index in [1.807, 2.05) is 24.3 Å². The van der Waals surface area contributed by atoms with Crippen molar-refractivity contribution in [1.82, 2.24) is 15.0 Å². The van der Waals surface area contributed by atoms with Gasteiger partial charge in [0.1, 0.15) is 5.75 Å². The van der Waals surface area contributed by atoms with Crippen LogP contribution in [0, 0.1) is 0 Å². The predicted octanol–water partition coefficient (Wildman–Crippen LogP) is 0.897. The lowest BCUT2D eigenvalue weighted by atomic mass is 10.2. The molecule has 1 amide bonds. The third-order valence-corrected chi connectivity index (χ3v) is 3.97. The van der Waals surface area contributed by atoms with Crippen LogP contribution in [0.3, 0.4) is 0 Å². The highest BCUT2D eigenvalue weighted by molar-refractivity contribution is 5.76. The Bertz CT molecular complexity index is 718. The smallest absolute Gasteiger partial charge is 0.227 e. The van der Waals surface area contributed by atoms with E-state index in [1.165, 1.54) is 0 Å². The maximum atomic E-state index is 12.3. The van der Waals surface area contributed by atoms with Crippen molar-refractivity contribution in [2.75, 3.05) is 33.4 Å². The van der Waals surface area contributed by atoms with Gasteiger partial charge in [-0.25, -0.2) is 0 Å². The van der Waals surface area contributed by atoms with Crippen LogP contribution in [0.2, 0.25) is 0 Å². The lowest BCUT2D eigenvalue weighted by Gasteiger charge is -2.20. The van der Waals surface area contributed by atoms with Crippen LogP contribution < -0.4 is 4.74 Å². The summed E-state index contributed by atoms with van der Waals surface area (Å²) in [6.07, 6.45) is -0.0682. The van der Waals surface area contributed by atoms with Gasteiger partial charge in [0.25, 0.3) is 0 Å². The van der Waals surface area contributed by atoms with E-state index in [0.717, 1.165) is 5.56 Å². The van der Waals surface area contributed by atoms with E-state index in [4.69, 9.17) is 14.0 Å². The third-order valence-electron chi connectivity index (χ3n) is 3.97. The highest BCUT2D eigenvalue weighted by atomic mass is 16.5. The summed E-state index contributed by atoms with van der Waals surface area (Å²) < 4.78 is 15.8. The number of carbonyl (C=O) groups is 1. The van der Waals surface area contributed by atoms with Gasteiger partial charge in [0.05, 0.1) is 32.0 Å². The molecule has 0 bridgehead atoms. The number of benzene rings is 1. The number of aryl methyl sites for hydroxylation is 1. The summed E-state index contributed by atoms with van der Waals surface area (Å²) in [6.45, 7) is 1.46. The van der Waals surface area contributed by atoms with E-state index in [1.54, 1.807) is 12.0 Å². The minimum atomic E-state index is -0.646.